The molecule has 0 atom stereocenters. The molecular formula is C20H22N2O2. The van der Waals surface area contributed by atoms with Crippen molar-refractivity contribution in [1.29, 1.82) is 0 Å². The minimum atomic E-state index is -0.0843. The van der Waals surface area contributed by atoms with Gasteiger partial charge in [0.25, 0.3) is 0 Å². The van der Waals surface area contributed by atoms with E-state index < -0.39 is 0 Å². The first-order valence-electron chi connectivity index (χ1n) is 8.52. The molecule has 2 N–H and O–H groups in total. The van der Waals surface area contributed by atoms with E-state index in [9.17, 15) is 9.59 Å². The zero-order valence-corrected chi connectivity index (χ0v) is 14.1. The van der Waals surface area contributed by atoms with Crippen molar-refractivity contribution < 1.29 is 9.59 Å². The monoisotopic (exact) mass is 322 g/mol. The van der Waals surface area contributed by atoms with Crippen molar-refractivity contribution in [3.8, 4) is 0 Å². The van der Waals surface area contributed by atoms with Crippen LogP contribution in [0.1, 0.15) is 58.5 Å². The van der Waals surface area contributed by atoms with Crippen molar-refractivity contribution in [3.05, 3.63) is 58.7 Å². The van der Waals surface area contributed by atoms with Gasteiger partial charge in [0.2, 0.25) is 0 Å². The first kappa shape index (κ1) is 16.2. The van der Waals surface area contributed by atoms with Gasteiger partial charge in [-0.05, 0) is 25.0 Å². The molecule has 0 radical (unpaired) electrons. The lowest BCUT2D eigenvalue weighted by Crippen LogP contribution is -2.24. The lowest BCUT2D eigenvalue weighted by Gasteiger charge is -2.23. The van der Waals surface area contributed by atoms with Crippen LogP contribution in [0.15, 0.2) is 36.4 Å². The highest BCUT2D eigenvalue weighted by Gasteiger charge is 2.33. The molecule has 0 fully saturated rings. The number of carbonyl (C=O) groups excluding carboxylic acids is 2. The number of ketones is 2. The van der Waals surface area contributed by atoms with E-state index >= 15 is 0 Å². The minimum absolute atomic E-state index is 0.0843. The molecule has 0 heterocycles. The summed E-state index contributed by atoms with van der Waals surface area (Å²) in [6.45, 7) is 5.66. The topological polar surface area (TPSA) is 58.2 Å². The van der Waals surface area contributed by atoms with Crippen molar-refractivity contribution in [2.75, 3.05) is 23.7 Å². The third-order valence-electron chi connectivity index (χ3n) is 4.21. The van der Waals surface area contributed by atoms with E-state index in [0.29, 0.717) is 22.3 Å². The standard InChI is InChI=1S/C20H22N2O2/c1-3-11-21-15-9-10-16(22-12-4-2)18-17(15)19(23)13-7-5-6-8-14(13)20(18)24/h5-10,21-22H,3-4,11-12H2,1-2H3. The van der Waals surface area contributed by atoms with Gasteiger partial charge in [-0.1, -0.05) is 38.1 Å². The summed E-state index contributed by atoms with van der Waals surface area (Å²) in [5.74, 6) is -0.169. The van der Waals surface area contributed by atoms with Crippen LogP contribution in [0.5, 0.6) is 0 Å². The molecule has 0 saturated heterocycles. The van der Waals surface area contributed by atoms with Gasteiger partial charge in [0.15, 0.2) is 11.6 Å². The van der Waals surface area contributed by atoms with Gasteiger partial charge in [-0.2, -0.15) is 0 Å². The largest absolute Gasteiger partial charge is 0.384 e. The number of benzene rings is 2. The molecular weight excluding hydrogens is 300 g/mol. The second-order valence-corrected chi connectivity index (χ2v) is 5.97. The van der Waals surface area contributed by atoms with Crippen LogP contribution in [0.25, 0.3) is 0 Å². The van der Waals surface area contributed by atoms with E-state index in [1.54, 1.807) is 24.3 Å². The molecule has 24 heavy (non-hydrogen) atoms. The van der Waals surface area contributed by atoms with Gasteiger partial charge in [-0.3, -0.25) is 9.59 Å². The zero-order chi connectivity index (χ0) is 17.1. The number of hydrogen-bond acceptors (Lipinski definition) is 4. The zero-order valence-electron chi connectivity index (χ0n) is 14.1. The Morgan fingerprint density at radius 1 is 0.708 bits per heavy atom. The van der Waals surface area contributed by atoms with E-state index in [0.717, 1.165) is 37.3 Å². The second-order valence-electron chi connectivity index (χ2n) is 5.97. The van der Waals surface area contributed by atoms with E-state index in [1.165, 1.54) is 0 Å². The van der Waals surface area contributed by atoms with Crippen molar-refractivity contribution in [2.45, 2.75) is 26.7 Å². The smallest absolute Gasteiger partial charge is 0.196 e. The van der Waals surface area contributed by atoms with E-state index in [4.69, 9.17) is 0 Å². The average Bonchev–Trinajstić information content (AvgIpc) is 2.62. The fraction of sp³-hybridized carbons (Fsp3) is 0.300. The van der Waals surface area contributed by atoms with Crippen LogP contribution in [0.4, 0.5) is 11.4 Å². The number of rotatable bonds is 6. The Morgan fingerprint density at radius 2 is 1.12 bits per heavy atom. The molecule has 1 aliphatic carbocycles. The van der Waals surface area contributed by atoms with Crippen LogP contribution in [0, 0.1) is 0 Å². The van der Waals surface area contributed by atoms with Crippen LogP contribution in [-0.2, 0) is 0 Å². The summed E-state index contributed by atoms with van der Waals surface area (Å²) in [5.41, 5.74) is 3.44. The Morgan fingerprint density at radius 3 is 1.50 bits per heavy atom. The summed E-state index contributed by atoms with van der Waals surface area (Å²) in [5, 5.41) is 6.57. The predicted octanol–water partition coefficient (Wildman–Crippen LogP) is 4.11. The fourth-order valence-electron chi connectivity index (χ4n) is 3.04. The summed E-state index contributed by atoms with van der Waals surface area (Å²) in [7, 11) is 0. The Bertz CT molecular complexity index is 730. The number of fused-ring (bicyclic) bond motifs is 2. The van der Waals surface area contributed by atoms with E-state index in [1.807, 2.05) is 12.1 Å². The lowest BCUT2D eigenvalue weighted by molar-refractivity contribution is 0.0980. The maximum Gasteiger partial charge on any atom is 0.196 e. The van der Waals surface area contributed by atoms with Crippen LogP contribution in [-0.4, -0.2) is 24.7 Å². The van der Waals surface area contributed by atoms with Crippen LogP contribution in [0.3, 0.4) is 0 Å². The highest BCUT2D eigenvalue weighted by molar-refractivity contribution is 6.31. The molecule has 0 aliphatic heterocycles. The minimum Gasteiger partial charge on any atom is -0.384 e. The highest BCUT2D eigenvalue weighted by Crippen LogP contribution is 2.36. The van der Waals surface area contributed by atoms with Crippen LogP contribution < -0.4 is 10.6 Å². The predicted molar refractivity (Wildman–Crippen MR) is 97.3 cm³/mol. The molecule has 3 rings (SSSR count). The van der Waals surface area contributed by atoms with Gasteiger partial charge in [0, 0.05) is 35.6 Å². The molecule has 1 aliphatic rings. The first-order chi connectivity index (χ1) is 11.7. The van der Waals surface area contributed by atoms with Gasteiger partial charge in [0.1, 0.15) is 0 Å². The molecule has 0 bridgehead atoms. The average molecular weight is 322 g/mol. The highest BCUT2D eigenvalue weighted by atomic mass is 16.1. The summed E-state index contributed by atoms with van der Waals surface area (Å²) in [6, 6.07) is 10.8. The molecule has 2 aromatic rings. The van der Waals surface area contributed by atoms with Crippen molar-refractivity contribution in [1.82, 2.24) is 0 Å². The first-order valence-corrected chi connectivity index (χ1v) is 8.52. The van der Waals surface area contributed by atoms with Gasteiger partial charge < -0.3 is 10.6 Å². The Kier molecular flexibility index (Phi) is 4.65. The molecule has 0 spiro atoms. The summed E-state index contributed by atoms with van der Waals surface area (Å²) in [6.07, 6.45) is 1.90. The number of nitrogens with one attached hydrogen (secondary N) is 2. The third-order valence-corrected chi connectivity index (χ3v) is 4.21. The SMILES string of the molecule is CCCNc1ccc(NCCC)c2c1C(=O)c1ccccc1C2=O. The Balaban J connectivity index is 2.18. The Hall–Kier alpha value is -2.62. The van der Waals surface area contributed by atoms with E-state index in [-0.39, 0.29) is 11.6 Å². The van der Waals surface area contributed by atoms with E-state index in [2.05, 4.69) is 24.5 Å². The molecule has 0 amide bonds. The molecule has 2 aromatic carbocycles. The summed E-state index contributed by atoms with van der Waals surface area (Å²) >= 11 is 0. The summed E-state index contributed by atoms with van der Waals surface area (Å²) < 4.78 is 0. The maximum atomic E-state index is 13.0. The quantitative estimate of drug-likeness (QED) is 0.717. The van der Waals surface area contributed by atoms with Crippen molar-refractivity contribution in [3.63, 3.8) is 0 Å². The Labute approximate surface area is 142 Å². The lowest BCUT2D eigenvalue weighted by atomic mass is 9.82. The second kappa shape index (κ2) is 6.87. The van der Waals surface area contributed by atoms with Crippen molar-refractivity contribution in [2.24, 2.45) is 0 Å². The third kappa shape index (κ3) is 2.68. The fourth-order valence-corrected chi connectivity index (χ4v) is 3.04. The van der Waals surface area contributed by atoms with Gasteiger partial charge >= 0.3 is 0 Å². The molecule has 0 aromatic heterocycles. The number of hydrogen-bond donors (Lipinski definition) is 2. The van der Waals surface area contributed by atoms with Gasteiger partial charge in [-0.25, -0.2) is 0 Å². The molecule has 4 heteroatoms. The van der Waals surface area contributed by atoms with Crippen molar-refractivity contribution >= 4 is 22.9 Å². The molecule has 124 valence electrons. The van der Waals surface area contributed by atoms with Crippen LogP contribution in [0.2, 0.25) is 0 Å². The van der Waals surface area contributed by atoms with Gasteiger partial charge in [-0.15, -0.1) is 0 Å². The number of anilines is 2. The number of carbonyl (C=O) groups is 2. The molecule has 4 nitrogen and oxygen atoms in total. The maximum absolute atomic E-state index is 13.0. The molecule has 0 saturated carbocycles. The normalized spacial score (nSPS) is 12.6. The van der Waals surface area contributed by atoms with Crippen LogP contribution >= 0.6 is 0 Å². The van der Waals surface area contributed by atoms with Gasteiger partial charge in [0.05, 0.1) is 11.1 Å². The molecule has 0 unspecified atom stereocenters. The summed E-state index contributed by atoms with van der Waals surface area (Å²) in [4.78, 5) is 26.1.